The van der Waals surface area contributed by atoms with Gasteiger partial charge in [-0.1, -0.05) is 13.8 Å². The molecule has 1 atom stereocenters. The number of hydrogen-bond acceptors (Lipinski definition) is 1. The van der Waals surface area contributed by atoms with Gasteiger partial charge in [0.1, 0.15) is 0 Å². The van der Waals surface area contributed by atoms with E-state index in [2.05, 4.69) is 39.6 Å². The minimum absolute atomic E-state index is 0.710. The van der Waals surface area contributed by atoms with Crippen LogP contribution in [-0.4, -0.2) is 24.5 Å². The average molecular weight is 223 g/mol. The van der Waals surface area contributed by atoms with E-state index in [1.54, 1.807) is 6.42 Å². The molecule has 2 aliphatic rings. The van der Waals surface area contributed by atoms with Crippen LogP contribution in [0.2, 0.25) is 0 Å². The summed E-state index contributed by atoms with van der Waals surface area (Å²) in [5.74, 6) is 3.00. The SMILES string of the molecule is CC(C)CC1CC12CC(CN(C)C(C)C)C2. The summed E-state index contributed by atoms with van der Waals surface area (Å²) in [5.41, 5.74) is 0.840. The second kappa shape index (κ2) is 4.33. The Bertz CT molecular complexity index is 238. The van der Waals surface area contributed by atoms with Crippen molar-refractivity contribution < 1.29 is 0 Å². The van der Waals surface area contributed by atoms with Crippen molar-refractivity contribution in [2.24, 2.45) is 23.2 Å². The van der Waals surface area contributed by atoms with Gasteiger partial charge < -0.3 is 4.90 Å². The van der Waals surface area contributed by atoms with Crippen molar-refractivity contribution in [3.63, 3.8) is 0 Å². The normalized spacial score (nSPS) is 37.5. The molecule has 0 aromatic carbocycles. The molecule has 1 heteroatoms. The third kappa shape index (κ3) is 2.45. The first-order valence-corrected chi connectivity index (χ1v) is 7.13. The summed E-state index contributed by atoms with van der Waals surface area (Å²) in [6, 6.07) is 0.710. The first kappa shape index (κ1) is 12.4. The van der Waals surface area contributed by atoms with Crippen LogP contribution < -0.4 is 0 Å². The molecule has 16 heavy (non-hydrogen) atoms. The van der Waals surface area contributed by atoms with Crippen LogP contribution in [0, 0.1) is 23.2 Å². The predicted octanol–water partition coefficient (Wildman–Crippen LogP) is 3.79. The van der Waals surface area contributed by atoms with Gasteiger partial charge in [0.05, 0.1) is 0 Å². The maximum absolute atomic E-state index is 2.51. The number of rotatable bonds is 5. The molecule has 0 aliphatic heterocycles. The van der Waals surface area contributed by atoms with E-state index in [1.807, 2.05) is 0 Å². The zero-order valence-electron chi connectivity index (χ0n) is 11.8. The Morgan fingerprint density at radius 3 is 2.25 bits per heavy atom. The van der Waals surface area contributed by atoms with Gasteiger partial charge in [0.25, 0.3) is 0 Å². The van der Waals surface area contributed by atoms with Crippen LogP contribution in [-0.2, 0) is 0 Å². The van der Waals surface area contributed by atoms with Crippen LogP contribution in [0.1, 0.15) is 53.4 Å². The van der Waals surface area contributed by atoms with Gasteiger partial charge >= 0.3 is 0 Å². The monoisotopic (exact) mass is 223 g/mol. The summed E-state index contributed by atoms with van der Waals surface area (Å²) in [4.78, 5) is 2.51. The third-order valence-electron chi connectivity index (χ3n) is 4.93. The Kier molecular flexibility index (Phi) is 3.36. The van der Waals surface area contributed by atoms with Gasteiger partial charge in [0.15, 0.2) is 0 Å². The van der Waals surface area contributed by atoms with Crippen LogP contribution in [0.3, 0.4) is 0 Å². The lowest BCUT2D eigenvalue weighted by molar-refractivity contribution is 0.0936. The summed E-state index contributed by atoms with van der Waals surface area (Å²) in [6.45, 7) is 10.7. The largest absolute Gasteiger partial charge is 0.304 e. The molecule has 1 nitrogen and oxygen atoms in total. The predicted molar refractivity (Wildman–Crippen MR) is 70.5 cm³/mol. The second-order valence-corrected chi connectivity index (χ2v) is 7.20. The fraction of sp³-hybridized carbons (Fsp3) is 1.00. The summed E-state index contributed by atoms with van der Waals surface area (Å²) >= 11 is 0. The number of nitrogens with zero attached hydrogens (tertiary/aromatic N) is 1. The Labute approximate surface area is 102 Å². The highest BCUT2D eigenvalue weighted by Crippen LogP contribution is 2.69. The van der Waals surface area contributed by atoms with Crippen molar-refractivity contribution in [1.29, 1.82) is 0 Å². The van der Waals surface area contributed by atoms with Crippen LogP contribution >= 0.6 is 0 Å². The standard InChI is InChI=1S/C15H29N/c1-11(2)6-14-9-15(14)7-13(8-15)10-16(5)12(3)4/h11-14H,6-10H2,1-5H3. The molecule has 1 spiro atoms. The fourth-order valence-corrected chi connectivity index (χ4v) is 3.67. The zero-order chi connectivity index (χ0) is 11.9. The van der Waals surface area contributed by atoms with Gasteiger partial charge in [0, 0.05) is 12.6 Å². The Balaban J connectivity index is 1.67. The topological polar surface area (TPSA) is 3.24 Å². The molecule has 0 saturated heterocycles. The van der Waals surface area contributed by atoms with Crippen molar-refractivity contribution in [2.75, 3.05) is 13.6 Å². The Morgan fingerprint density at radius 2 is 1.75 bits per heavy atom. The fourth-order valence-electron chi connectivity index (χ4n) is 3.67. The number of hydrogen-bond donors (Lipinski definition) is 0. The van der Waals surface area contributed by atoms with Crippen LogP contribution in [0.5, 0.6) is 0 Å². The molecule has 0 aromatic heterocycles. The van der Waals surface area contributed by atoms with Gasteiger partial charge in [0.2, 0.25) is 0 Å². The minimum atomic E-state index is 0.710. The van der Waals surface area contributed by atoms with E-state index in [-0.39, 0.29) is 0 Å². The van der Waals surface area contributed by atoms with Gasteiger partial charge in [-0.05, 0) is 69.7 Å². The summed E-state index contributed by atoms with van der Waals surface area (Å²) in [5, 5.41) is 0. The zero-order valence-corrected chi connectivity index (χ0v) is 11.8. The molecule has 0 bridgehead atoms. The first-order chi connectivity index (χ1) is 7.43. The van der Waals surface area contributed by atoms with Gasteiger partial charge in [-0.2, -0.15) is 0 Å². The lowest BCUT2D eigenvalue weighted by atomic mass is 9.69. The Morgan fingerprint density at radius 1 is 1.12 bits per heavy atom. The maximum atomic E-state index is 2.51. The lowest BCUT2D eigenvalue weighted by Gasteiger charge is -2.40. The Hall–Kier alpha value is -0.0400. The van der Waals surface area contributed by atoms with Crippen LogP contribution in [0.15, 0.2) is 0 Å². The van der Waals surface area contributed by atoms with Crippen LogP contribution in [0.25, 0.3) is 0 Å². The molecule has 0 amide bonds. The molecule has 0 N–H and O–H groups in total. The molecule has 2 saturated carbocycles. The highest BCUT2D eigenvalue weighted by atomic mass is 15.1. The summed E-state index contributed by atoms with van der Waals surface area (Å²) in [6.07, 6.45) is 6.09. The van der Waals surface area contributed by atoms with E-state index in [0.29, 0.717) is 6.04 Å². The van der Waals surface area contributed by atoms with Crippen molar-refractivity contribution >= 4 is 0 Å². The van der Waals surface area contributed by atoms with E-state index in [4.69, 9.17) is 0 Å². The molecule has 2 rings (SSSR count). The summed E-state index contributed by atoms with van der Waals surface area (Å²) < 4.78 is 0. The smallest absolute Gasteiger partial charge is 0.00356 e. The molecule has 2 fully saturated rings. The van der Waals surface area contributed by atoms with Gasteiger partial charge in [-0.25, -0.2) is 0 Å². The third-order valence-corrected chi connectivity index (χ3v) is 4.93. The van der Waals surface area contributed by atoms with Crippen molar-refractivity contribution in [1.82, 2.24) is 4.90 Å². The van der Waals surface area contributed by atoms with Gasteiger partial charge in [-0.15, -0.1) is 0 Å². The second-order valence-electron chi connectivity index (χ2n) is 7.20. The van der Waals surface area contributed by atoms with Crippen molar-refractivity contribution in [2.45, 2.75) is 59.4 Å². The average Bonchev–Trinajstić information content (AvgIpc) is 2.76. The van der Waals surface area contributed by atoms with E-state index >= 15 is 0 Å². The molecule has 94 valence electrons. The van der Waals surface area contributed by atoms with E-state index in [9.17, 15) is 0 Å². The molecular weight excluding hydrogens is 194 g/mol. The van der Waals surface area contributed by atoms with E-state index < -0.39 is 0 Å². The highest BCUT2D eigenvalue weighted by Gasteiger charge is 2.60. The van der Waals surface area contributed by atoms with E-state index in [1.165, 1.54) is 25.8 Å². The highest BCUT2D eigenvalue weighted by molar-refractivity contribution is 5.10. The quantitative estimate of drug-likeness (QED) is 0.685. The van der Waals surface area contributed by atoms with E-state index in [0.717, 1.165) is 23.2 Å². The molecule has 1 unspecified atom stereocenters. The maximum Gasteiger partial charge on any atom is 0.00356 e. The molecule has 2 aliphatic carbocycles. The van der Waals surface area contributed by atoms with Crippen molar-refractivity contribution in [3.05, 3.63) is 0 Å². The van der Waals surface area contributed by atoms with Crippen LogP contribution in [0.4, 0.5) is 0 Å². The summed E-state index contributed by atoms with van der Waals surface area (Å²) in [7, 11) is 2.27. The molecular formula is C15H29N. The molecule has 0 aromatic rings. The first-order valence-electron chi connectivity index (χ1n) is 7.13. The molecule has 0 radical (unpaired) electrons. The lowest BCUT2D eigenvalue weighted by Crippen LogP contribution is -2.39. The molecule has 0 heterocycles. The minimum Gasteiger partial charge on any atom is -0.304 e. The van der Waals surface area contributed by atoms with Crippen molar-refractivity contribution in [3.8, 4) is 0 Å². The van der Waals surface area contributed by atoms with Gasteiger partial charge in [-0.3, -0.25) is 0 Å².